The monoisotopic (exact) mass is 197 g/mol. The van der Waals surface area contributed by atoms with Crippen molar-refractivity contribution in [1.82, 2.24) is 4.98 Å². The highest BCUT2D eigenvalue weighted by Gasteiger charge is 2.13. The molecule has 0 unspecified atom stereocenters. The van der Waals surface area contributed by atoms with Gasteiger partial charge in [0.15, 0.2) is 0 Å². The Labute approximate surface area is 80.2 Å². The number of hydrogen-bond acceptors (Lipinski definition) is 3. The smallest absolute Gasteiger partial charge is 0.280 e. The van der Waals surface area contributed by atoms with Gasteiger partial charge in [-0.15, -0.1) is 0 Å². The minimum atomic E-state index is -2.63. The first kappa shape index (κ1) is 10.4. The van der Waals surface area contributed by atoms with Gasteiger partial charge in [-0.1, -0.05) is 0 Å². The minimum Gasteiger partial charge on any atom is -0.397 e. The zero-order valence-corrected chi connectivity index (χ0v) is 7.59. The maximum absolute atomic E-state index is 12.3. The van der Waals surface area contributed by atoms with Gasteiger partial charge in [-0.25, -0.2) is 13.8 Å². The molecule has 74 valence electrons. The lowest BCUT2D eigenvalue weighted by molar-refractivity contribution is 0.146. The Balaban J connectivity index is 3.22. The van der Waals surface area contributed by atoms with Gasteiger partial charge in [0.25, 0.3) is 6.43 Å². The van der Waals surface area contributed by atoms with Crippen LogP contribution in [0.3, 0.4) is 0 Å². The molecule has 0 aliphatic heterocycles. The molecule has 0 fully saturated rings. The molecule has 3 nitrogen and oxygen atoms in total. The molecule has 14 heavy (non-hydrogen) atoms. The summed E-state index contributed by atoms with van der Waals surface area (Å²) < 4.78 is 24.6. The van der Waals surface area contributed by atoms with Crippen LogP contribution in [0.4, 0.5) is 14.5 Å². The van der Waals surface area contributed by atoms with E-state index in [1.54, 1.807) is 6.92 Å². The first-order valence-corrected chi connectivity index (χ1v) is 3.97. The summed E-state index contributed by atoms with van der Waals surface area (Å²) in [6, 6.07) is 3.07. The quantitative estimate of drug-likeness (QED) is 0.788. The Bertz CT molecular complexity index is 382. The van der Waals surface area contributed by atoms with Crippen LogP contribution in [0.5, 0.6) is 0 Å². The molecule has 0 spiro atoms. The summed E-state index contributed by atoms with van der Waals surface area (Å²) in [5.74, 6) is 0. The second-order valence-electron chi connectivity index (χ2n) is 2.86. The molecule has 1 aromatic rings. The fourth-order valence-electron chi connectivity index (χ4n) is 1.10. The lowest BCUT2D eigenvalue weighted by Crippen LogP contribution is -2.03. The zero-order valence-electron chi connectivity index (χ0n) is 7.59. The van der Waals surface area contributed by atoms with Crippen molar-refractivity contribution in [3.8, 4) is 6.07 Å². The lowest BCUT2D eigenvalue weighted by atomic mass is 10.1. The predicted octanol–water partition coefficient (Wildman–Crippen LogP) is 1.98. The van der Waals surface area contributed by atoms with Gasteiger partial charge >= 0.3 is 0 Å². The van der Waals surface area contributed by atoms with Crippen molar-refractivity contribution in [2.75, 3.05) is 5.73 Å². The molecule has 0 aliphatic carbocycles. The van der Waals surface area contributed by atoms with Gasteiger partial charge in [0, 0.05) is 0 Å². The Morgan fingerprint density at radius 2 is 2.29 bits per heavy atom. The Morgan fingerprint density at radius 1 is 1.64 bits per heavy atom. The van der Waals surface area contributed by atoms with E-state index in [1.807, 2.05) is 6.07 Å². The molecule has 0 amide bonds. The molecule has 1 aromatic heterocycles. The number of pyridine rings is 1. The molecule has 0 radical (unpaired) electrons. The van der Waals surface area contributed by atoms with Gasteiger partial charge < -0.3 is 5.73 Å². The van der Waals surface area contributed by atoms with Gasteiger partial charge in [-0.05, 0) is 18.6 Å². The molecule has 5 heteroatoms. The first-order chi connectivity index (χ1) is 6.56. The van der Waals surface area contributed by atoms with Crippen LogP contribution < -0.4 is 5.73 Å². The van der Waals surface area contributed by atoms with E-state index in [-0.39, 0.29) is 17.8 Å². The fourth-order valence-corrected chi connectivity index (χ4v) is 1.10. The molecule has 1 rings (SSSR count). The van der Waals surface area contributed by atoms with Gasteiger partial charge in [0.1, 0.15) is 5.69 Å². The Hall–Kier alpha value is -1.70. The van der Waals surface area contributed by atoms with E-state index in [9.17, 15) is 8.78 Å². The van der Waals surface area contributed by atoms with E-state index in [1.165, 1.54) is 6.07 Å². The fraction of sp³-hybridized carbons (Fsp3) is 0.333. The number of hydrogen-bond donors (Lipinski definition) is 1. The summed E-state index contributed by atoms with van der Waals surface area (Å²) in [6.07, 6.45) is -2.68. The topological polar surface area (TPSA) is 62.7 Å². The summed E-state index contributed by atoms with van der Waals surface area (Å²) in [6.45, 7) is 1.61. The van der Waals surface area contributed by atoms with Crippen LogP contribution in [0.2, 0.25) is 0 Å². The number of alkyl halides is 2. The van der Waals surface area contributed by atoms with Crippen molar-refractivity contribution in [1.29, 1.82) is 5.26 Å². The van der Waals surface area contributed by atoms with Crippen LogP contribution in [0.15, 0.2) is 6.07 Å². The molecule has 0 saturated carbocycles. The third-order valence-corrected chi connectivity index (χ3v) is 1.83. The number of nitrogens with two attached hydrogens (primary N) is 1. The zero-order chi connectivity index (χ0) is 10.7. The molecule has 2 N–H and O–H groups in total. The number of nitriles is 1. The Kier molecular flexibility index (Phi) is 2.97. The summed E-state index contributed by atoms with van der Waals surface area (Å²) in [5.41, 5.74) is 6.32. The Morgan fingerprint density at radius 3 is 2.79 bits per heavy atom. The molecule has 0 saturated heterocycles. The summed E-state index contributed by atoms with van der Waals surface area (Å²) in [7, 11) is 0. The van der Waals surface area contributed by atoms with Crippen molar-refractivity contribution in [2.45, 2.75) is 19.8 Å². The molecule has 0 aliphatic rings. The van der Waals surface area contributed by atoms with Crippen LogP contribution in [0, 0.1) is 18.3 Å². The average Bonchev–Trinajstić information content (AvgIpc) is 2.12. The number of nitrogens with zero attached hydrogens (tertiary/aromatic N) is 2. The van der Waals surface area contributed by atoms with Crippen LogP contribution in [-0.4, -0.2) is 4.98 Å². The van der Waals surface area contributed by atoms with Crippen LogP contribution in [0.25, 0.3) is 0 Å². The van der Waals surface area contributed by atoms with E-state index in [4.69, 9.17) is 11.0 Å². The largest absolute Gasteiger partial charge is 0.397 e. The van der Waals surface area contributed by atoms with E-state index in [0.29, 0.717) is 11.3 Å². The molecular weight excluding hydrogens is 188 g/mol. The lowest BCUT2D eigenvalue weighted by Gasteiger charge is -2.07. The number of rotatable bonds is 2. The summed E-state index contributed by atoms with van der Waals surface area (Å²) in [5, 5.41) is 8.43. The summed E-state index contributed by atoms with van der Waals surface area (Å²) in [4.78, 5) is 3.62. The second kappa shape index (κ2) is 4.01. The number of halogens is 2. The maximum Gasteiger partial charge on any atom is 0.280 e. The molecule has 1 heterocycles. The van der Waals surface area contributed by atoms with Crippen LogP contribution in [0.1, 0.15) is 23.4 Å². The SMILES string of the molecule is Cc1cc(C(F)F)nc(CC#N)c1N. The van der Waals surface area contributed by atoms with E-state index >= 15 is 0 Å². The molecule has 0 bridgehead atoms. The minimum absolute atomic E-state index is 0.0484. The molecular formula is C9H9F2N3. The van der Waals surface area contributed by atoms with Crippen molar-refractivity contribution in [3.05, 3.63) is 23.0 Å². The highest BCUT2D eigenvalue weighted by molar-refractivity contribution is 5.51. The number of anilines is 1. The standard InChI is InChI=1S/C9H9F2N3/c1-5-4-7(9(10)11)14-6(2-3-12)8(5)13/h4,9H,2,13H2,1H3. The van der Waals surface area contributed by atoms with Crippen molar-refractivity contribution in [2.24, 2.45) is 0 Å². The maximum atomic E-state index is 12.3. The third-order valence-electron chi connectivity index (χ3n) is 1.83. The van der Waals surface area contributed by atoms with Gasteiger partial charge in [-0.2, -0.15) is 5.26 Å². The van der Waals surface area contributed by atoms with Gasteiger partial charge in [0.05, 0.1) is 23.9 Å². The van der Waals surface area contributed by atoms with E-state index in [2.05, 4.69) is 4.98 Å². The van der Waals surface area contributed by atoms with Crippen molar-refractivity contribution >= 4 is 5.69 Å². The number of aromatic nitrogens is 1. The molecule has 0 atom stereocenters. The van der Waals surface area contributed by atoms with E-state index < -0.39 is 6.43 Å². The average molecular weight is 197 g/mol. The normalized spacial score (nSPS) is 10.2. The van der Waals surface area contributed by atoms with E-state index in [0.717, 1.165) is 0 Å². The van der Waals surface area contributed by atoms with Crippen molar-refractivity contribution < 1.29 is 8.78 Å². The number of nitrogen functional groups attached to an aromatic ring is 1. The highest BCUT2D eigenvalue weighted by atomic mass is 19.3. The van der Waals surface area contributed by atoms with Crippen LogP contribution >= 0.6 is 0 Å². The second-order valence-corrected chi connectivity index (χ2v) is 2.86. The highest BCUT2D eigenvalue weighted by Crippen LogP contribution is 2.23. The number of aryl methyl sites for hydroxylation is 1. The third kappa shape index (κ3) is 1.96. The van der Waals surface area contributed by atoms with Crippen LogP contribution in [-0.2, 0) is 6.42 Å². The van der Waals surface area contributed by atoms with Crippen molar-refractivity contribution in [3.63, 3.8) is 0 Å². The predicted molar refractivity (Wildman–Crippen MR) is 47.7 cm³/mol. The van der Waals surface area contributed by atoms with Gasteiger partial charge in [0.2, 0.25) is 0 Å². The van der Waals surface area contributed by atoms with Gasteiger partial charge in [-0.3, -0.25) is 0 Å². The first-order valence-electron chi connectivity index (χ1n) is 3.97. The summed E-state index contributed by atoms with van der Waals surface area (Å²) >= 11 is 0. The molecule has 0 aromatic carbocycles.